The van der Waals surface area contributed by atoms with Crippen LogP contribution >= 0.6 is 11.8 Å². The molecule has 0 spiro atoms. The maximum absolute atomic E-state index is 13.5. The Kier molecular flexibility index (Phi) is 8.27. The number of halogens is 3. The number of fused-ring (bicyclic) bond motifs is 1. The van der Waals surface area contributed by atoms with Gasteiger partial charge in [-0.2, -0.15) is 13.2 Å². The number of phenolic OH excluding ortho intramolecular Hbond substituents is 1. The maximum Gasteiger partial charge on any atom is 0.406 e. The minimum atomic E-state index is -4.37. The van der Waals surface area contributed by atoms with Gasteiger partial charge in [0.15, 0.2) is 0 Å². The first-order chi connectivity index (χ1) is 17.3. The Morgan fingerprint density at radius 2 is 1.89 bits per heavy atom. The number of phenols is 1. The molecule has 0 saturated carbocycles. The number of nitrogens with zero attached hydrogens (tertiary/aromatic N) is 2. The molecule has 1 aromatic heterocycles. The van der Waals surface area contributed by atoms with E-state index >= 15 is 0 Å². The van der Waals surface area contributed by atoms with Gasteiger partial charge in [-0.25, -0.2) is 0 Å². The van der Waals surface area contributed by atoms with Crippen molar-refractivity contribution in [1.29, 1.82) is 0 Å². The summed E-state index contributed by atoms with van der Waals surface area (Å²) >= 11 is 1.52. The van der Waals surface area contributed by atoms with Crippen LogP contribution in [-0.2, 0) is 6.54 Å². The fraction of sp³-hybridized carbons (Fsp3) is 0.407. The predicted molar refractivity (Wildman–Crippen MR) is 142 cm³/mol. The van der Waals surface area contributed by atoms with Crippen molar-refractivity contribution in [2.24, 2.45) is 0 Å². The van der Waals surface area contributed by atoms with Crippen molar-refractivity contribution in [2.45, 2.75) is 43.4 Å². The van der Waals surface area contributed by atoms with Crippen LogP contribution in [0.15, 0.2) is 47.4 Å². The topological polar surface area (TPSA) is 52.5 Å². The number of thioether (sulfide) groups is 1. The number of benzene rings is 2. The summed E-state index contributed by atoms with van der Waals surface area (Å²) in [6, 6.07) is 12.7. The fourth-order valence-electron chi connectivity index (χ4n) is 4.54. The van der Waals surface area contributed by atoms with E-state index in [0.29, 0.717) is 16.9 Å². The van der Waals surface area contributed by atoms with Crippen molar-refractivity contribution in [3.05, 3.63) is 48.2 Å². The third kappa shape index (κ3) is 6.42. The molecule has 0 bridgehead atoms. The smallest absolute Gasteiger partial charge is 0.406 e. The summed E-state index contributed by atoms with van der Waals surface area (Å²) < 4.78 is 41.6. The van der Waals surface area contributed by atoms with Gasteiger partial charge in [-0.1, -0.05) is 18.9 Å². The number of anilines is 2. The molecule has 1 aliphatic rings. The number of likely N-dealkylation sites (tertiary alicyclic amines) is 1. The Morgan fingerprint density at radius 1 is 1.11 bits per heavy atom. The van der Waals surface area contributed by atoms with Crippen LogP contribution in [0, 0.1) is 11.8 Å². The Hall–Kier alpha value is -2.96. The van der Waals surface area contributed by atoms with Gasteiger partial charge in [0.05, 0.1) is 23.4 Å². The highest BCUT2D eigenvalue weighted by molar-refractivity contribution is 7.98. The molecule has 0 atom stereocenters. The van der Waals surface area contributed by atoms with Crippen molar-refractivity contribution in [2.75, 3.05) is 43.1 Å². The van der Waals surface area contributed by atoms with Gasteiger partial charge in [0.2, 0.25) is 0 Å². The Bertz CT molecular complexity index is 1250. The second kappa shape index (κ2) is 11.4. The first-order valence-electron chi connectivity index (χ1n) is 12.0. The van der Waals surface area contributed by atoms with Gasteiger partial charge in [0, 0.05) is 35.1 Å². The second-order valence-electron chi connectivity index (χ2n) is 8.86. The average Bonchev–Trinajstić information content (AvgIpc) is 3.19. The van der Waals surface area contributed by atoms with Crippen LogP contribution in [-0.4, -0.2) is 59.2 Å². The standard InChI is InChI=1S/C27H31F3N4OS/c1-3-33-14-11-19(12-15-33)32-23-7-4-8-25-22(23)16-20(34(25)18-27(28,29)30)6-5-13-31-24-10-9-21(36-2)17-26(24)35/h4,7-10,16-17,19,31-32,35H,3,11-15,18H2,1-2H3. The summed E-state index contributed by atoms with van der Waals surface area (Å²) in [5.74, 6) is 5.93. The molecule has 3 N–H and O–H groups in total. The van der Waals surface area contributed by atoms with Crippen LogP contribution in [0.5, 0.6) is 5.75 Å². The summed E-state index contributed by atoms with van der Waals surface area (Å²) in [5, 5.41) is 17.5. The van der Waals surface area contributed by atoms with E-state index in [1.54, 1.807) is 30.3 Å². The first-order valence-corrected chi connectivity index (χ1v) is 13.3. The van der Waals surface area contributed by atoms with E-state index in [9.17, 15) is 18.3 Å². The van der Waals surface area contributed by atoms with Crippen molar-refractivity contribution in [3.63, 3.8) is 0 Å². The monoisotopic (exact) mass is 516 g/mol. The molecule has 1 aliphatic heterocycles. The molecule has 0 aliphatic carbocycles. The van der Waals surface area contributed by atoms with E-state index in [-0.39, 0.29) is 18.3 Å². The quantitative estimate of drug-likeness (QED) is 0.205. The molecule has 36 heavy (non-hydrogen) atoms. The highest BCUT2D eigenvalue weighted by Gasteiger charge is 2.30. The van der Waals surface area contributed by atoms with Crippen LogP contribution in [0.2, 0.25) is 0 Å². The summed E-state index contributed by atoms with van der Waals surface area (Å²) in [6.45, 7) is 4.28. The number of alkyl halides is 3. The largest absolute Gasteiger partial charge is 0.506 e. The molecule has 9 heteroatoms. The van der Waals surface area contributed by atoms with Crippen molar-refractivity contribution in [3.8, 4) is 17.6 Å². The lowest BCUT2D eigenvalue weighted by molar-refractivity contribution is -0.140. The summed E-state index contributed by atoms with van der Waals surface area (Å²) in [7, 11) is 0. The summed E-state index contributed by atoms with van der Waals surface area (Å²) in [4.78, 5) is 3.33. The van der Waals surface area contributed by atoms with Crippen molar-refractivity contribution < 1.29 is 18.3 Å². The molecule has 1 fully saturated rings. The lowest BCUT2D eigenvalue weighted by Crippen LogP contribution is -2.38. The summed E-state index contributed by atoms with van der Waals surface area (Å²) in [5.41, 5.74) is 2.17. The van der Waals surface area contributed by atoms with Gasteiger partial charge in [0.1, 0.15) is 12.3 Å². The molecule has 0 unspecified atom stereocenters. The lowest BCUT2D eigenvalue weighted by Gasteiger charge is -2.32. The van der Waals surface area contributed by atoms with E-state index in [1.807, 2.05) is 18.4 Å². The van der Waals surface area contributed by atoms with Crippen molar-refractivity contribution >= 4 is 34.0 Å². The van der Waals surface area contributed by atoms with E-state index in [2.05, 4.69) is 34.3 Å². The van der Waals surface area contributed by atoms with Gasteiger partial charge in [-0.3, -0.25) is 0 Å². The molecular weight excluding hydrogens is 485 g/mol. The van der Waals surface area contributed by atoms with Gasteiger partial charge in [-0.05, 0) is 68.0 Å². The molecular formula is C27H31F3N4OS. The normalized spacial score (nSPS) is 15.0. The minimum Gasteiger partial charge on any atom is -0.506 e. The third-order valence-electron chi connectivity index (χ3n) is 6.47. The third-order valence-corrected chi connectivity index (χ3v) is 7.19. The maximum atomic E-state index is 13.5. The lowest BCUT2D eigenvalue weighted by atomic mass is 10.0. The van der Waals surface area contributed by atoms with Gasteiger partial charge >= 0.3 is 6.18 Å². The Balaban J connectivity index is 1.57. The van der Waals surface area contributed by atoms with Crippen LogP contribution in [0.1, 0.15) is 25.5 Å². The average molecular weight is 517 g/mol. The van der Waals surface area contributed by atoms with E-state index in [1.165, 1.54) is 16.3 Å². The van der Waals surface area contributed by atoms with Crippen LogP contribution in [0.4, 0.5) is 24.5 Å². The van der Waals surface area contributed by atoms with Gasteiger partial charge in [-0.15, -0.1) is 11.8 Å². The molecule has 2 aromatic carbocycles. The highest BCUT2D eigenvalue weighted by atomic mass is 32.2. The minimum absolute atomic E-state index is 0.107. The number of rotatable bonds is 7. The molecule has 0 radical (unpaired) electrons. The fourth-order valence-corrected chi connectivity index (χ4v) is 4.97. The number of hydrogen-bond donors (Lipinski definition) is 3. The van der Waals surface area contributed by atoms with Crippen molar-refractivity contribution in [1.82, 2.24) is 9.47 Å². The number of aromatic nitrogens is 1. The highest BCUT2D eigenvalue weighted by Crippen LogP contribution is 2.31. The molecule has 192 valence electrons. The zero-order chi connectivity index (χ0) is 25.7. The van der Waals surface area contributed by atoms with Crippen LogP contribution in [0.3, 0.4) is 0 Å². The van der Waals surface area contributed by atoms with E-state index in [0.717, 1.165) is 48.4 Å². The predicted octanol–water partition coefficient (Wildman–Crippen LogP) is 5.99. The molecule has 3 aromatic rings. The first kappa shape index (κ1) is 26.1. The van der Waals surface area contributed by atoms with Crippen LogP contribution < -0.4 is 10.6 Å². The second-order valence-corrected chi connectivity index (χ2v) is 9.74. The van der Waals surface area contributed by atoms with E-state index in [4.69, 9.17) is 0 Å². The number of aromatic hydroxyl groups is 1. The van der Waals surface area contributed by atoms with Gasteiger partial charge in [0.25, 0.3) is 0 Å². The SMILES string of the molecule is CCN1CCC(Nc2cccc3c2cc(C#CCNc2ccc(SC)cc2O)n3CC(F)(F)F)CC1. The number of nitrogens with one attached hydrogen (secondary N) is 2. The zero-order valence-electron chi connectivity index (χ0n) is 20.5. The molecule has 2 heterocycles. The molecule has 0 amide bonds. The zero-order valence-corrected chi connectivity index (χ0v) is 21.3. The summed E-state index contributed by atoms with van der Waals surface area (Å²) in [6.07, 6.45) is -0.460. The van der Waals surface area contributed by atoms with Crippen LogP contribution in [0.25, 0.3) is 10.9 Å². The number of piperidine rings is 1. The molecule has 1 saturated heterocycles. The molecule has 4 rings (SSSR count). The van der Waals surface area contributed by atoms with Gasteiger partial charge < -0.3 is 25.2 Å². The Labute approximate surface area is 214 Å². The van der Waals surface area contributed by atoms with E-state index < -0.39 is 12.7 Å². The Morgan fingerprint density at radius 3 is 2.56 bits per heavy atom. The number of hydrogen-bond acceptors (Lipinski definition) is 5. The molecule has 5 nitrogen and oxygen atoms in total.